The Hall–Kier alpha value is -0.600. The number of benzene rings is 1. The Bertz CT molecular complexity index is 439. The summed E-state index contributed by atoms with van der Waals surface area (Å²) >= 11 is 11.6. The normalized spacial score (nSPS) is 12.4. The summed E-state index contributed by atoms with van der Waals surface area (Å²) in [6, 6.07) is 4.19. The third-order valence-electron chi connectivity index (χ3n) is 3.37. The highest BCUT2D eigenvalue weighted by Crippen LogP contribution is 2.41. The second kappa shape index (κ2) is 7.79. The van der Waals surface area contributed by atoms with Gasteiger partial charge in [0.15, 0.2) is 0 Å². The quantitative estimate of drug-likeness (QED) is 0.631. The van der Waals surface area contributed by atoms with Gasteiger partial charge in [-0.3, -0.25) is 0 Å². The van der Waals surface area contributed by atoms with Crippen molar-refractivity contribution in [2.24, 2.45) is 0 Å². The molecule has 0 heterocycles. The zero-order chi connectivity index (χ0) is 17.0. The third-order valence-corrected chi connectivity index (χ3v) is 3.68. The Balaban J connectivity index is 3.42. The molecule has 0 amide bonds. The fourth-order valence-electron chi connectivity index (χ4n) is 2.27. The molecule has 0 fully saturated rings. The highest BCUT2D eigenvalue weighted by Gasteiger charge is 2.26. The van der Waals surface area contributed by atoms with Gasteiger partial charge < -0.3 is 9.47 Å². The number of hydrogen-bond donors (Lipinski definition) is 0. The van der Waals surface area contributed by atoms with Gasteiger partial charge in [0.2, 0.25) is 0 Å². The third kappa shape index (κ3) is 5.24. The summed E-state index contributed by atoms with van der Waals surface area (Å²) in [6.07, 6.45) is 0. The molecular weight excluding hydrogens is 319 g/mol. The van der Waals surface area contributed by atoms with Crippen molar-refractivity contribution in [3.63, 3.8) is 0 Å². The van der Waals surface area contributed by atoms with E-state index >= 15 is 0 Å². The largest absolute Gasteiger partial charge is 0.492 e. The van der Waals surface area contributed by atoms with E-state index in [2.05, 4.69) is 53.7 Å². The molecule has 0 radical (unpaired) electrons. The maximum absolute atomic E-state index is 5.89. The number of alkyl halides is 2. The SMILES string of the molecule is CC(C)(C)c1cc(OCCCl)c(C(C)(C)C)cc1OCCCl. The van der Waals surface area contributed by atoms with Crippen molar-refractivity contribution in [1.82, 2.24) is 0 Å². The Kier molecular flexibility index (Phi) is 6.88. The van der Waals surface area contributed by atoms with E-state index in [0.29, 0.717) is 25.0 Å². The number of ether oxygens (including phenoxy) is 2. The van der Waals surface area contributed by atoms with Crippen LogP contribution in [-0.2, 0) is 10.8 Å². The van der Waals surface area contributed by atoms with E-state index < -0.39 is 0 Å². The van der Waals surface area contributed by atoms with Crippen LogP contribution in [0.2, 0.25) is 0 Å². The smallest absolute Gasteiger partial charge is 0.123 e. The van der Waals surface area contributed by atoms with Gasteiger partial charge in [0.05, 0.1) is 11.8 Å². The van der Waals surface area contributed by atoms with E-state index in [1.807, 2.05) is 0 Å². The molecule has 126 valence electrons. The van der Waals surface area contributed by atoms with Crippen LogP contribution >= 0.6 is 23.2 Å². The van der Waals surface area contributed by atoms with Crippen LogP contribution in [-0.4, -0.2) is 25.0 Å². The molecule has 1 aromatic carbocycles. The van der Waals surface area contributed by atoms with Gasteiger partial charge in [-0.1, -0.05) is 41.5 Å². The first-order chi connectivity index (χ1) is 10.1. The Morgan fingerprint density at radius 1 is 0.727 bits per heavy atom. The Morgan fingerprint density at radius 3 is 1.27 bits per heavy atom. The molecule has 0 aliphatic heterocycles. The average molecular weight is 347 g/mol. The van der Waals surface area contributed by atoms with Crippen molar-refractivity contribution >= 4 is 23.2 Å². The summed E-state index contributed by atoms with van der Waals surface area (Å²) in [5.74, 6) is 2.71. The standard InChI is InChI=1S/C18H28Cl2O2/c1-17(2,3)13-11-16(22-10-8-20)14(18(4,5)6)12-15(13)21-9-7-19/h11-12H,7-10H2,1-6H3. The van der Waals surface area contributed by atoms with Gasteiger partial charge >= 0.3 is 0 Å². The zero-order valence-electron chi connectivity index (χ0n) is 14.6. The molecule has 0 spiro atoms. The van der Waals surface area contributed by atoms with Gasteiger partial charge in [0.1, 0.15) is 24.7 Å². The molecule has 0 atom stereocenters. The summed E-state index contributed by atoms with van der Waals surface area (Å²) in [5.41, 5.74) is 2.15. The molecule has 0 unspecified atom stereocenters. The van der Waals surface area contributed by atoms with E-state index in [1.165, 1.54) is 0 Å². The van der Waals surface area contributed by atoms with Crippen LogP contribution in [0.1, 0.15) is 52.7 Å². The van der Waals surface area contributed by atoms with E-state index in [0.717, 1.165) is 22.6 Å². The molecule has 0 aliphatic carbocycles. The molecule has 0 saturated carbocycles. The topological polar surface area (TPSA) is 18.5 Å². The van der Waals surface area contributed by atoms with Crippen molar-refractivity contribution < 1.29 is 9.47 Å². The highest BCUT2D eigenvalue weighted by atomic mass is 35.5. The first kappa shape index (κ1) is 19.4. The fourth-order valence-corrected chi connectivity index (χ4v) is 2.42. The second-order valence-corrected chi connectivity index (χ2v) is 8.18. The number of hydrogen-bond acceptors (Lipinski definition) is 2. The molecule has 0 aliphatic rings. The Morgan fingerprint density at radius 2 is 1.05 bits per heavy atom. The molecule has 4 heteroatoms. The van der Waals surface area contributed by atoms with Crippen molar-refractivity contribution in [1.29, 1.82) is 0 Å². The van der Waals surface area contributed by atoms with Gasteiger partial charge in [0.25, 0.3) is 0 Å². The first-order valence-corrected chi connectivity index (χ1v) is 8.74. The summed E-state index contributed by atoms with van der Waals surface area (Å²) in [7, 11) is 0. The molecule has 2 nitrogen and oxygen atoms in total. The number of rotatable bonds is 6. The van der Waals surface area contributed by atoms with Gasteiger partial charge in [-0.25, -0.2) is 0 Å². The highest BCUT2D eigenvalue weighted by molar-refractivity contribution is 6.18. The van der Waals surface area contributed by atoms with Crippen molar-refractivity contribution in [2.75, 3.05) is 25.0 Å². The molecule has 22 heavy (non-hydrogen) atoms. The monoisotopic (exact) mass is 346 g/mol. The summed E-state index contributed by atoms with van der Waals surface area (Å²) in [6.45, 7) is 14.0. The van der Waals surface area contributed by atoms with E-state index in [4.69, 9.17) is 32.7 Å². The van der Waals surface area contributed by atoms with Crippen LogP contribution in [0, 0.1) is 0 Å². The molecule has 0 saturated heterocycles. The lowest BCUT2D eigenvalue weighted by Gasteiger charge is -2.29. The lowest BCUT2D eigenvalue weighted by Crippen LogP contribution is -2.19. The first-order valence-electron chi connectivity index (χ1n) is 7.67. The van der Waals surface area contributed by atoms with E-state index in [-0.39, 0.29) is 10.8 Å². The molecule has 1 rings (SSSR count). The number of halogens is 2. The predicted octanol–water partition coefficient (Wildman–Crippen LogP) is 5.52. The average Bonchev–Trinajstić information content (AvgIpc) is 2.40. The van der Waals surface area contributed by atoms with E-state index in [1.54, 1.807) is 0 Å². The molecular formula is C18H28Cl2O2. The summed E-state index contributed by atoms with van der Waals surface area (Å²) in [5, 5.41) is 0. The van der Waals surface area contributed by atoms with Gasteiger partial charge in [-0.05, 0) is 23.0 Å². The lowest BCUT2D eigenvalue weighted by atomic mass is 9.81. The minimum atomic E-state index is -0.0445. The minimum absolute atomic E-state index is 0.0445. The maximum atomic E-state index is 5.89. The van der Waals surface area contributed by atoms with E-state index in [9.17, 15) is 0 Å². The van der Waals surface area contributed by atoms with Gasteiger partial charge in [-0.2, -0.15) is 0 Å². The zero-order valence-corrected chi connectivity index (χ0v) is 16.1. The maximum Gasteiger partial charge on any atom is 0.123 e. The van der Waals surface area contributed by atoms with Gasteiger partial charge in [0, 0.05) is 11.1 Å². The van der Waals surface area contributed by atoms with Crippen molar-refractivity contribution in [2.45, 2.75) is 52.4 Å². The van der Waals surface area contributed by atoms with Crippen LogP contribution in [0.25, 0.3) is 0 Å². The predicted molar refractivity (Wildman–Crippen MR) is 96.3 cm³/mol. The Labute approximate surface area is 145 Å². The lowest BCUT2D eigenvalue weighted by molar-refractivity contribution is 0.316. The molecule has 1 aromatic rings. The molecule has 0 aromatic heterocycles. The van der Waals surface area contributed by atoms with Crippen LogP contribution in [0.15, 0.2) is 12.1 Å². The summed E-state index contributed by atoms with van der Waals surface area (Å²) < 4.78 is 11.8. The van der Waals surface area contributed by atoms with Crippen molar-refractivity contribution in [3.8, 4) is 11.5 Å². The van der Waals surface area contributed by atoms with Crippen LogP contribution in [0.4, 0.5) is 0 Å². The summed E-state index contributed by atoms with van der Waals surface area (Å²) in [4.78, 5) is 0. The molecule has 0 N–H and O–H groups in total. The molecule has 0 bridgehead atoms. The van der Waals surface area contributed by atoms with Gasteiger partial charge in [-0.15, -0.1) is 23.2 Å². The van der Waals surface area contributed by atoms with Crippen LogP contribution in [0.5, 0.6) is 11.5 Å². The second-order valence-electron chi connectivity index (χ2n) is 7.42. The minimum Gasteiger partial charge on any atom is -0.492 e. The van der Waals surface area contributed by atoms with Crippen LogP contribution in [0.3, 0.4) is 0 Å². The fraction of sp³-hybridized carbons (Fsp3) is 0.667. The van der Waals surface area contributed by atoms with Crippen molar-refractivity contribution in [3.05, 3.63) is 23.3 Å². The van der Waals surface area contributed by atoms with Crippen LogP contribution < -0.4 is 9.47 Å².